The van der Waals surface area contributed by atoms with Crippen LogP contribution in [0.25, 0.3) is 0 Å². The number of rotatable bonds is 4. The van der Waals surface area contributed by atoms with Crippen LogP contribution in [0.4, 0.5) is 11.4 Å². The van der Waals surface area contributed by atoms with Gasteiger partial charge in [0.2, 0.25) is 5.91 Å². The third-order valence-corrected chi connectivity index (χ3v) is 5.78. The zero-order valence-corrected chi connectivity index (χ0v) is 15.4. The van der Waals surface area contributed by atoms with Gasteiger partial charge in [-0.05, 0) is 42.8 Å². The second-order valence-corrected chi connectivity index (χ2v) is 7.81. The van der Waals surface area contributed by atoms with Crippen LogP contribution in [0.1, 0.15) is 13.3 Å². The first-order chi connectivity index (χ1) is 11.2. The van der Waals surface area contributed by atoms with Gasteiger partial charge >= 0.3 is 0 Å². The highest BCUT2D eigenvalue weighted by molar-refractivity contribution is 9.10. The van der Waals surface area contributed by atoms with Gasteiger partial charge < -0.3 is 10.2 Å². The largest absolute Gasteiger partial charge is 0.360 e. The highest BCUT2D eigenvalue weighted by Gasteiger charge is 2.25. The van der Waals surface area contributed by atoms with E-state index < -0.39 is 0 Å². The number of hydrogen-bond acceptors (Lipinski definition) is 3. The van der Waals surface area contributed by atoms with Crippen molar-refractivity contribution in [1.82, 2.24) is 0 Å². The molecule has 0 saturated carbocycles. The van der Waals surface area contributed by atoms with Gasteiger partial charge in [0, 0.05) is 26.9 Å². The van der Waals surface area contributed by atoms with Gasteiger partial charge in [-0.3, -0.25) is 4.79 Å². The van der Waals surface area contributed by atoms with Crippen LogP contribution in [0.15, 0.2) is 57.9 Å². The highest BCUT2D eigenvalue weighted by Crippen LogP contribution is 2.39. The minimum Gasteiger partial charge on any atom is -0.360 e. The summed E-state index contributed by atoms with van der Waals surface area (Å²) in [5.41, 5.74) is 1.98. The van der Waals surface area contributed by atoms with E-state index in [1.807, 2.05) is 42.1 Å². The molecule has 0 fully saturated rings. The van der Waals surface area contributed by atoms with Crippen LogP contribution in [-0.2, 0) is 4.79 Å². The summed E-state index contributed by atoms with van der Waals surface area (Å²) in [5, 5.41) is 3.50. The first-order valence-corrected chi connectivity index (χ1v) is 9.39. The van der Waals surface area contributed by atoms with Gasteiger partial charge in [0.15, 0.2) is 0 Å². The second-order valence-electron chi connectivity index (χ2n) is 5.55. The van der Waals surface area contributed by atoms with Crippen molar-refractivity contribution in [2.24, 2.45) is 0 Å². The molecule has 2 aromatic rings. The Hall–Kier alpha value is -1.46. The molecule has 0 aromatic heterocycles. The highest BCUT2D eigenvalue weighted by atomic mass is 79.9. The summed E-state index contributed by atoms with van der Waals surface area (Å²) >= 11 is 5.32. The summed E-state index contributed by atoms with van der Waals surface area (Å²) in [5.74, 6) is 0.0175. The summed E-state index contributed by atoms with van der Waals surface area (Å²) in [7, 11) is 0. The average molecular weight is 391 g/mol. The summed E-state index contributed by atoms with van der Waals surface area (Å²) in [6.07, 6.45) is 1.10. The van der Waals surface area contributed by atoms with Crippen LogP contribution in [0, 0.1) is 0 Å². The summed E-state index contributed by atoms with van der Waals surface area (Å²) < 4.78 is 1.00. The number of thioether (sulfide) groups is 1. The van der Waals surface area contributed by atoms with E-state index in [2.05, 4.69) is 51.3 Å². The number of carbonyl (C=O) groups excluding carboxylic acids is 1. The lowest BCUT2D eigenvalue weighted by atomic mass is 10.2. The van der Waals surface area contributed by atoms with Gasteiger partial charge in [0.25, 0.3) is 0 Å². The Balaban J connectivity index is 1.71. The van der Waals surface area contributed by atoms with Gasteiger partial charge in [0.1, 0.15) is 0 Å². The average Bonchev–Trinajstić information content (AvgIpc) is 2.56. The topological polar surface area (TPSA) is 32.3 Å². The Morgan fingerprint density at radius 3 is 2.74 bits per heavy atom. The predicted octanol–water partition coefficient (Wildman–Crippen LogP) is 4.78. The third kappa shape index (κ3) is 4.09. The van der Waals surface area contributed by atoms with Crippen molar-refractivity contribution in [2.45, 2.75) is 23.5 Å². The standard InChI is InChI=1S/C18H19BrN2OS/c1-2-15-11-21(16-5-3-4-6-17(16)23-15)12-18(22)20-14-9-7-13(19)8-10-14/h3-10,15H,2,11-12H2,1H3,(H,20,22)/t15-/m1/s1. The number of fused-ring (bicyclic) bond motifs is 1. The molecule has 1 amide bonds. The minimum absolute atomic E-state index is 0.0175. The van der Waals surface area contributed by atoms with Crippen LogP contribution >= 0.6 is 27.7 Å². The summed E-state index contributed by atoms with van der Waals surface area (Å²) in [6, 6.07) is 16.0. The number of carbonyl (C=O) groups is 1. The Kier molecular flexibility index (Phi) is 5.28. The molecular weight excluding hydrogens is 372 g/mol. The van der Waals surface area contributed by atoms with Gasteiger partial charge in [-0.25, -0.2) is 0 Å². The van der Waals surface area contributed by atoms with E-state index >= 15 is 0 Å². The van der Waals surface area contributed by atoms with Crippen molar-refractivity contribution >= 4 is 45.0 Å². The molecule has 5 heteroatoms. The molecule has 1 aliphatic rings. The molecule has 0 aliphatic carbocycles. The lowest BCUT2D eigenvalue weighted by molar-refractivity contribution is -0.115. The van der Waals surface area contributed by atoms with Crippen LogP contribution in [-0.4, -0.2) is 24.2 Å². The SMILES string of the molecule is CC[C@@H]1CN(CC(=O)Nc2ccc(Br)cc2)c2ccccc2S1. The van der Waals surface area contributed by atoms with Crippen molar-refractivity contribution in [1.29, 1.82) is 0 Å². The van der Waals surface area contributed by atoms with E-state index in [1.54, 1.807) is 0 Å². The Morgan fingerprint density at radius 2 is 2.00 bits per heavy atom. The molecule has 1 aliphatic heterocycles. The van der Waals surface area contributed by atoms with Crippen LogP contribution < -0.4 is 10.2 Å². The Morgan fingerprint density at radius 1 is 1.26 bits per heavy atom. The number of nitrogens with zero attached hydrogens (tertiary/aromatic N) is 1. The molecule has 3 nitrogen and oxygen atoms in total. The fourth-order valence-corrected chi connectivity index (χ4v) is 4.17. The van der Waals surface area contributed by atoms with E-state index in [1.165, 1.54) is 4.90 Å². The lowest BCUT2D eigenvalue weighted by Crippen LogP contribution is -2.40. The van der Waals surface area contributed by atoms with E-state index in [4.69, 9.17) is 0 Å². The second kappa shape index (κ2) is 7.41. The maximum Gasteiger partial charge on any atom is 0.243 e. The first kappa shape index (κ1) is 16.4. The molecule has 0 spiro atoms. The number of amides is 1. The zero-order valence-electron chi connectivity index (χ0n) is 13.0. The molecule has 120 valence electrons. The molecule has 1 heterocycles. The normalized spacial score (nSPS) is 16.8. The van der Waals surface area contributed by atoms with E-state index in [0.29, 0.717) is 11.8 Å². The molecular formula is C18H19BrN2OS. The molecule has 0 saturated heterocycles. The number of benzene rings is 2. The monoisotopic (exact) mass is 390 g/mol. The summed E-state index contributed by atoms with van der Waals surface area (Å²) in [4.78, 5) is 15.9. The maximum absolute atomic E-state index is 12.4. The van der Waals surface area contributed by atoms with Gasteiger partial charge in [0.05, 0.1) is 12.2 Å². The molecule has 1 N–H and O–H groups in total. The van der Waals surface area contributed by atoms with E-state index in [9.17, 15) is 4.79 Å². The van der Waals surface area contributed by atoms with Crippen LogP contribution in [0.2, 0.25) is 0 Å². The molecule has 0 bridgehead atoms. The molecule has 23 heavy (non-hydrogen) atoms. The lowest BCUT2D eigenvalue weighted by Gasteiger charge is -2.34. The van der Waals surface area contributed by atoms with Gasteiger partial charge in [-0.2, -0.15) is 0 Å². The fraction of sp³-hybridized carbons (Fsp3) is 0.278. The fourth-order valence-electron chi connectivity index (χ4n) is 2.65. The smallest absolute Gasteiger partial charge is 0.243 e. The Labute approximate surface area is 149 Å². The molecule has 0 radical (unpaired) electrons. The molecule has 1 atom stereocenters. The zero-order chi connectivity index (χ0) is 16.2. The summed E-state index contributed by atoms with van der Waals surface area (Å²) in [6.45, 7) is 3.49. The number of para-hydroxylation sites is 1. The number of nitrogens with one attached hydrogen (secondary N) is 1. The molecule has 3 rings (SSSR count). The van der Waals surface area contributed by atoms with Crippen molar-refractivity contribution in [3.63, 3.8) is 0 Å². The Bertz CT molecular complexity index is 690. The quantitative estimate of drug-likeness (QED) is 0.814. The van der Waals surface area contributed by atoms with Crippen LogP contribution in [0.3, 0.4) is 0 Å². The number of hydrogen-bond donors (Lipinski definition) is 1. The van der Waals surface area contributed by atoms with Crippen molar-refractivity contribution < 1.29 is 4.79 Å². The first-order valence-electron chi connectivity index (χ1n) is 7.71. The van der Waals surface area contributed by atoms with Crippen molar-refractivity contribution in [3.8, 4) is 0 Å². The van der Waals surface area contributed by atoms with E-state index in [-0.39, 0.29) is 5.91 Å². The number of anilines is 2. The van der Waals surface area contributed by atoms with E-state index in [0.717, 1.165) is 28.8 Å². The minimum atomic E-state index is 0.0175. The molecule has 2 aromatic carbocycles. The molecule has 0 unspecified atom stereocenters. The van der Waals surface area contributed by atoms with Crippen molar-refractivity contribution in [3.05, 3.63) is 53.0 Å². The van der Waals surface area contributed by atoms with Gasteiger partial charge in [-0.15, -0.1) is 11.8 Å². The maximum atomic E-state index is 12.4. The van der Waals surface area contributed by atoms with Crippen LogP contribution in [0.5, 0.6) is 0 Å². The predicted molar refractivity (Wildman–Crippen MR) is 101 cm³/mol. The number of halogens is 1. The van der Waals surface area contributed by atoms with Gasteiger partial charge in [-0.1, -0.05) is 35.0 Å². The third-order valence-electron chi connectivity index (χ3n) is 3.84. The van der Waals surface area contributed by atoms with Crippen molar-refractivity contribution in [2.75, 3.05) is 23.3 Å².